The largest absolute Gasteiger partial charge is 0.506 e. The lowest BCUT2D eigenvalue weighted by molar-refractivity contribution is -0.152. The van der Waals surface area contributed by atoms with Crippen LogP contribution in [0.3, 0.4) is 0 Å². The minimum absolute atomic E-state index is 0.132. The third-order valence-corrected chi connectivity index (χ3v) is 3.94. The highest BCUT2D eigenvalue weighted by atomic mass is 16.6. The van der Waals surface area contributed by atoms with Gasteiger partial charge in [-0.15, -0.1) is 0 Å². The van der Waals surface area contributed by atoms with Crippen molar-refractivity contribution in [3.63, 3.8) is 0 Å². The number of ether oxygens (including phenoxy) is 2. The SMILES string of the molecule is COC(=O)C(O)C1(c2ccc(O)c(NC(=O)OC(C)(C)C)c2)CC1. The minimum Gasteiger partial charge on any atom is -0.506 e. The molecule has 0 spiro atoms. The number of hydrogen-bond donors (Lipinski definition) is 3. The summed E-state index contributed by atoms with van der Waals surface area (Å²) in [5, 5.41) is 22.6. The molecule has 24 heavy (non-hydrogen) atoms. The number of carbonyl (C=O) groups excluding carboxylic acids is 2. The van der Waals surface area contributed by atoms with Gasteiger partial charge in [-0.05, 0) is 51.3 Å². The van der Waals surface area contributed by atoms with Gasteiger partial charge in [0.1, 0.15) is 11.4 Å². The number of aliphatic hydroxyl groups is 1. The number of benzene rings is 1. The van der Waals surface area contributed by atoms with E-state index >= 15 is 0 Å². The molecule has 3 N–H and O–H groups in total. The number of hydrogen-bond acceptors (Lipinski definition) is 6. The van der Waals surface area contributed by atoms with Crippen LogP contribution in [0.1, 0.15) is 39.2 Å². The quantitative estimate of drug-likeness (QED) is 0.575. The number of methoxy groups -OCH3 is 1. The zero-order valence-electron chi connectivity index (χ0n) is 14.3. The van der Waals surface area contributed by atoms with Crippen LogP contribution in [-0.4, -0.2) is 41.1 Å². The number of aliphatic hydroxyl groups excluding tert-OH is 1. The summed E-state index contributed by atoms with van der Waals surface area (Å²) >= 11 is 0. The van der Waals surface area contributed by atoms with E-state index in [1.807, 2.05) is 0 Å². The van der Waals surface area contributed by atoms with E-state index in [9.17, 15) is 19.8 Å². The molecule has 1 aliphatic carbocycles. The van der Waals surface area contributed by atoms with Crippen LogP contribution in [0.15, 0.2) is 18.2 Å². The van der Waals surface area contributed by atoms with Crippen molar-refractivity contribution in [3.05, 3.63) is 23.8 Å². The Morgan fingerprint density at radius 3 is 2.42 bits per heavy atom. The molecule has 0 aliphatic heterocycles. The average Bonchev–Trinajstić information content (AvgIpc) is 3.27. The molecule has 1 aromatic rings. The second-order valence-corrected chi connectivity index (χ2v) is 6.94. The number of rotatable bonds is 4. The van der Waals surface area contributed by atoms with Crippen molar-refractivity contribution < 1.29 is 29.3 Å². The van der Waals surface area contributed by atoms with Gasteiger partial charge in [-0.2, -0.15) is 0 Å². The molecular formula is C17H23NO6. The van der Waals surface area contributed by atoms with E-state index < -0.39 is 29.2 Å². The van der Waals surface area contributed by atoms with Crippen molar-refractivity contribution in [2.45, 2.75) is 50.7 Å². The first-order valence-corrected chi connectivity index (χ1v) is 7.68. The topological polar surface area (TPSA) is 105 Å². The number of phenols is 1. The summed E-state index contributed by atoms with van der Waals surface area (Å²) in [6.45, 7) is 5.19. The van der Waals surface area contributed by atoms with E-state index in [-0.39, 0.29) is 11.4 Å². The number of nitrogens with one attached hydrogen (secondary N) is 1. The number of anilines is 1. The molecule has 7 nitrogen and oxygen atoms in total. The molecule has 1 fully saturated rings. The molecule has 0 aromatic heterocycles. The lowest BCUT2D eigenvalue weighted by Gasteiger charge is -2.23. The summed E-state index contributed by atoms with van der Waals surface area (Å²) < 4.78 is 9.76. The molecule has 1 unspecified atom stereocenters. The predicted molar refractivity (Wildman–Crippen MR) is 86.9 cm³/mol. The van der Waals surface area contributed by atoms with Gasteiger partial charge in [-0.1, -0.05) is 6.07 Å². The van der Waals surface area contributed by atoms with E-state index in [4.69, 9.17) is 4.74 Å². The number of esters is 1. The van der Waals surface area contributed by atoms with Gasteiger partial charge in [-0.25, -0.2) is 9.59 Å². The van der Waals surface area contributed by atoms with Crippen molar-refractivity contribution in [1.82, 2.24) is 0 Å². The van der Waals surface area contributed by atoms with Crippen LogP contribution in [0.5, 0.6) is 5.75 Å². The summed E-state index contributed by atoms with van der Waals surface area (Å²) in [6.07, 6.45) is -0.769. The van der Waals surface area contributed by atoms with E-state index in [2.05, 4.69) is 10.1 Å². The molecular weight excluding hydrogens is 314 g/mol. The summed E-state index contributed by atoms with van der Waals surface area (Å²) in [4.78, 5) is 23.5. The molecule has 0 saturated heterocycles. The Kier molecular flexibility index (Phi) is 4.75. The van der Waals surface area contributed by atoms with Gasteiger partial charge in [0.05, 0.1) is 12.8 Å². The highest BCUT2D eigenvalue weighted by molar-refractivity contribution is 5.87. The van der Waals surface area contributed by atoms with Crippen LogP contribution >= 0.6 is 0 Å². The molecule has 1 aromatic carbocycles. The molecule has 1 saturated carbocycles. The van der Waals surface area contributed by atoms with Crippen molar-refractivity contribution in [2.75, 3.05) is 12.4 Å². The predicted octanol–water partition coefficient (Wildman–Crippen LogP) is 2.30. The Hall–Kier alpha value is -2.28. The molecule has 1 atom stereocenters. The van der Waals surface area contributed by atoms with Crippen molar-refractivity contribution in [1.29, 1.82) is 0 Å². The summed E-state index contributed by atoms with van der Waals surface area (Å²) in [6, 6.07) is 4.57. The maximum atomic E-state index is 11.9. The van der Waals surface area contributed by atoms with Crippen LogP contribution < -0.4 is 5.32 Å². The fourth-order valence-corrected chi connectivity index (χ4v) is 2.55. The second kappa shape index (κ2) is 6.32. The van der Waals surface area contributed by atoms with Crippen LogP contribution in [0.2, 0.25) is 0 Å². The first kappa shape index (κ1) is 18.1. The fourth-order valence-electron chi connectivity index (χ4n) is 2.55. The molecule has 7 heteroatoms. The molecule has 1 amide bonds. The van der Waals surface area contributed by atoms with Crippen molar-refractivity contribution in [3.8, 4) is 5.75 Å². The maximum Gasteiger partial charge on any atom is 0.412 e. The number of amides is 1. The standard InChI is InChI=1S/C17H23NO6/c1-16(2,3)24-15(22)18-11-9-10(5-6-12(11)19)17(7-8-17)13(20)14(21)23-4/h5-6,9,13,19-20H,7-8H2,1-4H3,(H,18,22). The number of aromatic hydroxyl groups is 1. The Labute approximate surface area is 140 Å². The van der Waals surface area contributed by atoms with Crippen molar-refractivity contribution >= 4 is 17.7 Å². The maximum absolute atomic E-state index is 11.9. The fraction of sp³-hybridized carbons (Fsp3) is 0.529. The Balaban J connectivity index is 2.23. The van der Waals surface area contributed by atoms with Gasteiger partial charge >= 0.3 is 12.1 Å². The molecule has 0 radical (unpaired) electrons. The smallest absolute Gasteiger partial charge is 0.412 e. The first-order valence-electron chi connectivity index (χ1n) is 7.68. The van der Waals surface area contributed by atoms with Crippen LogP contribution in [0.25, 0.3) is 0 Å². The minimum atomic E-state index is -1.29. The lowest BCUT2D eigenvalue weighted by atomic mass is 9.89. The zero-order valence-corrected chi connectivity index (χ0v) is 14.3. The Morgan fingerprint density at radius 2 is 1.92 bits per heavy atom. The van der Waals surface area contributed by atoms with Crippen LogP contribution in [-0.2, 0) is 19.7 Å². The van der Waals surface area contributed by atoms with Gasteiger partial charge in [-0.3, -0.25) is 5.32 Å². The molecule has 0 bridgehead atoms. The number of carbonyl (C=O) groups is 2. The monoisotopic (exact) mass is 337 g/mol. The first-order chi connectivity index (χ1) is 11.1. The average molecular weight is 337 g/mol. The summed E-state index contributed by atoms with van der Waals surface area (Å²) in [5.41, 5.74) is -0.615. The van der Waals surface area contributed by atoms with E-state index in [0.29, 0.717) is 18.4 Å². The highest BCUT2D eigenvalue weighted by Crippen LogP contribution is 2.52. The zero-order chi connectivity index (χ0) is 18.1. The molecule has 132 valence electrons. The van der Waals surface area contributed by atoms with Crippen LogP contribution in [0, 0.1) is 0 Å². The van der Waals surface area contributed by atoms with E-state index in [1.54, 1.807) is 32.9 Å². The lowest BCUT2D eigenvalue weighted by Crippen LogP contribution is -2.35. The third kappa shape index (κ3) is 3.79. The van der Waals surface area contributed by atoms with Gasteiger partial charge in [0.25, 0.3) is 0 Å². The molecule has 0 heterocycles. The molecule has 2 rings (SSSR count). The van der Waals surface area contributed by atoms with Crippen molar-refractivity contribution in [2.24, 2.45) is 0 Å². The second-order valence-electron chi connectivity index (χ2n) is 6.94. The Bertz CT molecular complexity index is 645. The van der Waals surface area contributed by atoms with Gasteiger partial charge < -0.3 is 19.7 Å². The van der Waals surface area contributed by atoms with Gasteiger partial charge in [0.15, 0.2) is 6.10 Å². The van der Waals surface area contributed by atoms with Gasteiger partial charge in [0, 0.05) is 5.41 Å². The summed E-state index contributed by atoms with van der Waals surface area (Å²) in [7, 11) is 1.22. The number of phenolic OH excluding ortho intramolecular Hbond substituents is 1. The highest BCUT2D eigenvalue weighted by Gasteiger charge is 2.54. The van der Waals surface area contributed by atoms with E-state index in [0.717, 1.165) is 0 Å². The third-order valence-electron chi connectivity index (χ3n) is 3.94. The van der Waals surface area contributed by atoms with Gasteiger partial charge in [0.2, 0.25) is 0 Å². The molecule has 1 aliphatic rings. The van der Waals surface area contributed by atoms with E-state index in [1.165, 1.54) is 13.2 Å². The normalized spacial score (nSPS) is 16.9. The summed E-state index contributed by atoms with van der Waals surface area (Å²) in [5.74, 6) is -0.838. The Morgan fingerprint density at radius 1 is 1.29 bits per heavy atom. The van der Waals surface area contributed by atoms with Crippen LogP contribution in [0.4, 0.5) is 10.5 Å².